The lowest BCUT2D eigenvalue weighted by Crippen LogP contribution is -2.29. The van der Waals surface area contributed by atoms with Crippen molar-refractivity contribution in [3.05, 3.63) is 99.8 Å². The van der Waals surface area contributed by atoms with Gasteiger partial charge in [0.1, 0.15) is 11.5 Å². The lowest BCUT2D eigenvalue weighted by atomic mass is 9.94. The summed E-state index contributed by atoms with van der Waals surface area (Å²) in [6.45, 7) is 2.31. The molecule has 0 spiro atoms. The molecule has 1 aromatic heterocycles. The number of ketones is 1. The van der Waals surface area contributed by atoms with Crippen molar-refractivity contribution in [1.82, 2.24) is 9.88 Å². The largest absolute Gasteiger partial charge is 0.507 e. The van der Waals surface area contributed by atoms with Crippen LogP contribution in [0.1, 0.15) is 40.0 Å². The number of carbonyl (C=O) groups is 3. The molecule has 0 radical (unpaired) electrons. The number of likely N-dealkylation sites (tertiary alicyclic amines) is 1. The molecule has 2 aromatic carbocycles. The van der Waals surface area contributed by atoms with Crippen molar-refractivity contribution >= 4 is 35.0 Å². The second kappa shape index (κ2) is 10.6. The normalized spacial score (nSPS) is 16.8. The van der Waals surface area contributed by atoms with Crippen molar-refractivity contribution in [3.63, 3.8) is 0 Å². The van der Waals surface area contributed by atoms with Crippen LogP contribution in [0.15, 0.2) is 72.6 Å². The number of aliphatic hydroxyl groups excluding tert-OH is 1. The lowest BCUT2D eigenvalue weighted by molar-refractivity contribution is -0.140. The van der Waals surface area contributed by atoms with Crippen LogP contribution in [-0.2, 0) is 20.9 Å². The molecule has 1 saturated heterocycles. The second-order valence-corrected chi connectivity index (χ2v) is 8.39. The Balaban J connectivity index is 1.83. The molecule has 184 valence electrons. The molecule has 9 heteroatoms. The zero-order valence-electron chi connectivity index (χ0n) is 19.6. The van der Waals surface area contributed by atoms with E-state index in [0.717, 1.165) is 0 Å². The highest BCUT2D eigenvalue weighted by Crippen LogP contribution is 2.41. The van der Waals surface area contributed by atoms with Crippen LogP contribution in [0.3, 0.4) is 0 Å². The van der Waals surface area contributed by atoms with Gasteiger partial charge in [0.05, 0.1) is 35.9 Å². The zero-order chi connectivity index (χ0) is 25.8. The van der Waals surface area contributed by atoms with E-state index < -0.39 is 23.7 Å². The number of carbonyl (C=O) groups excluding carboxylic acids is 3. The van der Waals surface area contributed by atoms with Crippen LogP contribution in [0, 0.1) is 0 Å². The minimum atomic E-state index is -0.915. The van der Waals surface area contributed by atoms with E-state index in [-0.39, 0.29) is 28.5 Å². The first kappa shape index (κ1) is 24.9. The fourth-order valence-electron chi connectivity index (χ4n) is 4.07. The van der Waals surface area contributed by atoms with E-state index in [1.165, 1.54) is 18.1 Å². The molecular weight excluding hydrogens is 484 g/mol. The third kappa shape index (κ3) is 4.81. The van der Waals surface area contributed by atoms with Gasteiger partial charge in [-0.1, -0.05) is 29.8 Å². The van der Waals surface area contributed by atoms with E-state index in [0.29, 0.717) is 29.0 Å². The predicted octanol–water partition coefficient (Wildman–Crippen LogP) is 4.54. The third-order valence-corrected chi connectivity index (χ3v) is 6.06. The van der Waals surface area contributed by atoms with Crippen molar-refractivity contribution in [2.75, 3.05) is 13.7 Å². The number of Topliss-reactive ketones (excluding diaryl/α,β-unsaturated/α-hetero) is 1. The van der Waals surface area contributed by atoms with Crippen molar-refractivity contribution in [2.45, 2.75) is 19.5 Å². The van der Waals surface area contributed by atoms with E-state index in [1.54, 1.807) is 60.9 Å². The summed E-state index contributed by atoms with van der Waals surface area (Å²) in [6, 6.07) is 13.6. The van der Waals surface area contributed by atoms with Crippen LogP contribution < -0.4 is 4.74 Å². The molecule has 2 heterocycles. The Bertz CT molecular complexity index is 1340. The molecule has 3 aromatic rings. The Morgan fingerprint density at radius 2 is 1.83 bits per heavy atom. The standard InChI is InChI=1S/C27H23ClN2O6/c1-3-36-21-11-10-19(13-20(21)28)24(31)22-23(17-6-8-18(9-7-17)27(34)35-2)30(26(33)25(22)32)15-16-5-4-12-29-14-16/h4-14,23,31H,3,15H2,1-2H3/b24-22-. The van der Waals surface area contributed by atoms with Gasteiger partial charge in [0.25, 0.3) is 11.7 Å². The molecule has 8 nitrogen and oxygen atoms in total. The number of nitrogens with zero attached hydrogens (tertiary/aromatic N) is 2. The number of esters is 1. The SMILES string of the molecule is CCOc1ccc(/C(O)=C2/C(=O)C(=O)N(Cc3cccnc3)C2c2ccc(C(=O)OC)cc2)cc1Cl. The van der Waals surface area contributed by atoms with Crippen LogP contribution in [0.4, 0.5) is 0 Å². The Labute approximate surface area is 212 Å². The number of hydrogen-bond donors (Lipinski definition) is 1. The minimum Gasteiger partial charge on any atom is -0.507 e. The number of rotatable bonds is 7. The summed E-state index contributed by atoms with van der Waals surface area (Å²) >= 11 is 6.30. The van der Waals surface area contributed by atoms with Gasteiger partial charge in [0.2, 0.25) is 0 Å². The van der Waals surface area contributed by atoms with Gasteiger partial charge in [-0.3, -0.25) is 14.6 Å². The average molecular weight is 507 g/mol. The van der Waals surface area contributed by atoms with Crippen LogP contribution >= 0.6 is 11.6 Å². The first-order chi connectivity index (χ1) is 17.3. The molecule has 0 bridgehead atoms. The van der Waals surface area contributed by atoms with Crippen LogP contribution in [-0.4, -0.2) is 46.4 Å². The third-order valence-electron chi connectivity index (χ3n) is 5.77. The van der Waals surface area contributed by atoms with Gasteiger partial charge < -0.3 is 19.5 Å². The Kier molecular flexibility index (Phi) is 7.36. The summed E-state index contributed by atoms with van der Waals surface area (Å²) < 4.78 is 10.2. The Morgan fingerprint density at radius 3 is 2.44 bits per heavy atom. The van der Waals surface area contributed by atoms with E-state index in [4.69, 9.17) is 21.1 Å². The van der Waals surface area contributed by atoms with Crippen molar-refractivity contribution in [1.29, 1.82) is 0 Å². The molecule has 1 fully saturated rings. The molecule has 1 unspecified atom stereocenters. The predicted molar refractivity (Wildman–Crippen MR) is 132 cm³/mol. The highest BCUT2D eigenvalue weighted by atomic mass is 35.5. The summed E-state index contributed by atoms with van der Waals surface area (Å²) in [4.78, 5) is 43.7. The van der Waals surface area contributed by atoms with Crippen LogP contribution in [0.5, 0.6) is 5.75 Å². The first-order valence-corrected chi connectivity index (χ1v) is 11.5. The molecule has 4 rings (SSSR count). The first-order valence-electron chi connectivity index (χ1n) is 11.1. The minimum absolute atomic E-state index is 0.0860. The van der Waals surface area contributed by atoms with E-state index in [9.17, 15) is 19.5 Å². The van der Waals surface area contributed by atoms with Gasteiger partial charge in [-0.25, -0.2) is 4.79 Å². The number of methoxy groups -OCH3 is 1. The molecule has 36 heavy (non-hydrogen) atoms. The van der Waals surface area contributed by atoms with Gasteiger partial charge in [-0.2, -0.15) is 0 Å². The van der Waals surface area contributed by atoms with Gasteiger partial charge >= 0.3 is 5.97 Å². The summed E-state index contributed by atoms with van der Waals surface area (Å²) in [5.41, 5.74) is 1.72. The van der Waals surface area contributed by atoms with Crippen LogP contribution in [0.2, 0.25) is 5.02 Å². The summed E-state index contributed by atoms with van der Waals surface area (Å²) in [5.74, 6) is -2.05. The molecular formula is C27H23ClN2O6. The maximum atomic E-state index is 13.2. The van der Waals surface area contributed by atoms with E-state index in [1.807, 2.05) is 6.92 Å². The topological polar surface area (TPSA) is 106 Å². The van der Waals surface area contributed by atoms with Gasteiger partial charge in [0.15, 0.2) is 0 Å². The molecule has 1 amide bonds. The summed E-state index contributed by atoms with van der Waals surface area (Å²) in [5, 5.41) is 11.5. The average Bonchev–Trinajstić information content (AvgIpc) is 3.14. The number of aromatic nitrogens is 1. The monoisotopic (exact) mass is 506 g/mol. The lowest BCUT2D eigenvalue weighted by Gasteiger charge is -2.25. The van der Waals surface area contributed by atoms with Crippen molar-refractivity contribution in [3.8, 4) is 5.75 Å². The van der Waals surface area contributed by atoms with Gasteiger partial charge in [0, 0.05) is 24.5 Å². The number of aliphatic hydroxyl groups is 1. The molecule has 1 aliphatic heterocycles. The highest BCUT2D eigenvalue weighted by molar-refractivity contribution is 6.46. The number of ether oxygens (including phenoxy) is 2. The van der Waals surface area contributed by atoms with Crippen molar-refractivity contribution in [2.24, 2.45) is 0 Å². The van der Waals surface area contributed by atoms with E-state index in [2.05, 4.69) is 4.98 Å². The van der Waals surface area contributed by atoms with Gasteiger partial charge in [-0.05, 0) is 54.4 Å². The summed E-state index contributed by atoms with van der Waals surface area (Å²) in [7, 11) is 1.28. The highest BCUT2D eigenvalue weighted by Gasteiger charge is 2.46. The fourth-order valence-corrected chi connectivity index (χ4v) is 4.31. The van der Waals surface area contributed by atoms with Crippen LogP contribution in [0.25, 0.3) is 5.76 Å². The second-order valence-electron chi connectivity index (χ2n) is 7.98. The number of hydrogen-bond acceptors (Lipinski definition) is 7. The quantitative estimate of drug-likeness (QED) is 0.217. The molecule has 0 aliphatic carbocycles. The Morgan fingerprint density at radius 1 is 1.11 bits per heavy atom. The molecule has 1 atom stereocenters. The zero-order valence-corrected chi connectivity index (χ0v) is 20.4. The maximum Gasteiger partial charge on any atom is 0.337 e. The fraction of sp³-hybridized carbons (Fsp3) is 0.185. The maximum absolute atomic E-state index is 13.2. The number of halogens is 1. The number of benzene rings is 2. The van der Waals surface area contributed by atoms with E-state index >= 15 is 0 Å². The smallest absolute Gasteiger partial charge is 0.337 e. The Hall–Kier alpha value is -4.17. The number of pyridine rings is 1. The molecule has 1 aliphatic rings. The number of amides is 1. The van der Waals surface area contributed by atoms with Gasteiger partial charge in [-0.15, -0.1) is 0 Å². The van der Waals surface area contributed by atoms with Crippen molar-refractivity contribution < 1.29 is 29.0 Å². The summed E-state index contributed by atoms with van der Waals surface area (Å²) in [6.07, 6.45) is 3.21. The molecule has 1 N–H and O–H groups in total. The molecule has 0 saturated carbocycles.